The number of anilines is 1. The van der Waals surface area contributed by atoms with Crippen molar-refractivity contribution < 1.29 is 9.18 Å². The molecule has 0 radical (unpaired) electrons. The minimum Gasteiger partial charge on any atom is -0.369 e. The maximum Gasteiger partial charge on any atom is 0.220 e. The van der Waals surface area contributed by atoms with Crippen molar-refractivity contribution in [3.05, 3.63) is 29.6 Å². The highest BCUT2D eigenvalue weighted by Gasteiger charge is 2.23. The highest BCUT2D eigenvalue weighted by Crippen LogP contribution is 2.30. The lowest BCUT2D eigenvalue weighted by atomic mass is 9.87. The summed E-state index contributed by atoms with van der Waals surface area (Å²) < 4.78 is 14.0. The molecule has 1 aliphatic heterocycles. The molecule has 3 rings (SSSR count). The van der Waals surface area contributed by atoms with E-state index >= 15 is 0 Å². The van der Waals surface area contributed by atoms with Crippen LogP contribution in [0.1, 0.15) is 64.0 Å². The average molecular weight is 376 g/mol. The normalized spacial score (nSPS) is 20.5. The summed E-state index contributed by atoms with van der Waals surface area (Å²) >= 11 is 0. The van der Waals surface area contributed by atoms with Gasteiger partial charge in [-0.25, -0.2) is 4.39 Å². The molecule has 1 saturated heterocycles. The summed E-state index contributed by atoms with van der Waals surface area (Å²) in [5.74, 6) is 0.370. The van der Waals surface area contributed by atoms with E-state index < -0.39 is 0 Å². The molecule has 1 heterocycles. The number of rotatable bonds is 6. The lowest BCUT2D eigenvalue weighted by molar-refractivity contribution is -0.122. The number of likely N-dealkylation sites (N-methyl/N-ethyl adjacent to an activating group) is 1. The summed E-state index contributed by atoms with van der Waals surface area (Å²) in [6.45, 7) is 9.15. The van der Waals surface area contributed by atoms with Crippen molar-refractivity contribution in [3.63, 3.8) is 0 Å². The first-order chi connectivity index (χ1) is 13.1. The summed E-state index contributed by atoms with van der Waals surface area (Å²) in [6, 6.07) is 4.81. The Kier molecular flexibility index (Phi) is 7.11. The van der Waals surface area contributed by atoms with E-state index in [-0.39, 0.29) is 17.8 Å². The van der Waals surface area contributed by atoms with Gasteiger partial charge in [-0.15, -0.1) is 0 Å². The molecule has 1 atom stereocenters. The number of nitrogens with zero attached hydrogens (tertiary/aromatic N) is 2. The Morgan fingerprint density at radius 3 is 2.56 bits per heavy atom. The molecule has 150 valence electrons. The molecule has 5 heteroatoms. The molecule has 2 aliphatic rings. The van der Waals surface area contributed by atoms with Crippen molar-refractivity contribution in [2.24, 2.45) is 5.92 Å². The number of amides is 1. The Labute approximate surface area is 163 Å². The Morgan fingerprint density at radius 1 is 1.19 bits per heavy atom. The van der Waals surface area contributed by atoms with Gasteiger partial charge in [0, 0.05) is 43.9 Å². The van der Waals surface area contributed by atoms with Crippen LogP contribution in [0.4, 0.5) is 10.1 Å². The monoisotopic (exact) mass is 375 g/mol. The molecule has 1 N–H and O–H groups in total. The number of nitrogens with one attached hydrogen (secondary N) is 1. The Hall–Kier alpha value is -1.62. The maximum absolute atomic E-state index is 14.0. The lowest BCUT2D eigenvalue weighted by Gasteiger charge is -2.37. The maximum atomic E-state index is 14.0. The fourth-order valence-electron chi connectivity index (χ4n) is 4.50. The van der Waals surface area contributed by atoms with Crippen molar-refractivity contribution in [1.82, 2.24) is 10.2 Å². The van der Waals surface area contributed by atoms with Gasteiger partial charge in [0.15, 0.2) is 0 Å². The molecule has 1 amide bonds. The predicted octanol–water partition coefficient (Wildman–Crippen LogP) is 4.12. The van der Waals surface area contributed by atoms with E-state index in [2.05, 4.69) is 22.0 Å². The zero-order chi connectivity index (χ0) is 19.2. The standard InChI is InChI=1S/C22H34FN3O/c1-3-25-11-13-26(14-12-25)21-10-9-19(23)16-20(21)17(2)24-22(27)15-18-7-5-4-6-8-18/h9-10,16-18H,3-8,11-15H2,1-2H3,(H,24,27)/t17-/m0/s1. The first-order valence-corrected chi connectivity index (χ1v) is 10.6. The van der Waals surface area contributed by atoms with E-state index in [1.54, 1.807) is 6.07 Å². The second-order valence-corrected chi connectivity index (χ2v) is 8.12. The van der Waals surface area contributed by atoms with Crippen LogP contribution >= 0.6 is 0 Å². The van der Waals surface area contributed by atoms with Gasteiger partial charge < -0.3 is 15.1 Å². The number of hydrogen-bond donors (Lipinski definition) is 1. The van der Waals surface area contributed by atoms with Crippen LogP contribution in [0.2, 0.25) is 0 Å². The molecule has 0 unspecified atom stereocenters. The van der Waals surface area contributed by atoms with Crippen molar-refractivity contribution >= 4 is 11.6 Å². The number of carbonyl (C=O) groups excluding carboxylic acids is 1. The third-order valence-corrected chi connectivity index (χ3v) is 6.19. The molecule has 0 spiro atoms. The first kappa shape index (κ1) is 20.1. The molecule has 0 aromatic heterocycles. The largest absolute Gasteiger partial charge is 0.369 e. The van der Waals surface area contributed by atoms with Gasteiger partial charge in [-0.05, 0) is 50.4 Å². The Balaban J connectivity index is 1.65. The molecule has 0 bridgehead atoms. The summed E-state index contributed by atoms with van der Waals surface area (Å²) in [5, 5.41) is 3.13. The number of halogens is 1. The van der Waals surface area contributed by atoms with Crippen molar-refractivity contribution in [2.75, 3.05) is 37.6 Å². The van der Waals surface area contributed by atoms with Crippen LogP contribution in [0, 0.1) is 11.7 Å². The fourth-order valence-corrected chi connectivity index (χ4v) is 4.50. The average Bonchev–Trinajstić information content (AvgIpc) is 2.68. The SMILES string of the molecule is CCN1CCN(c2ccc(F)cc2[C@H](C)NC(=O)CC2CCCCC2)CC1. The third kappa shape index (κ3) is 5.44. The molecule has 1 aliphatic carbocycles. The molecule has 4 nitrogen and oxygen atoms in total. The molecule has 27 heavy (non-hydrogen) atoms. The second-order valence-electron chi connectivity index (χ2n) is 8.12. The van der Waals surface area contributed by atoms with Crippen molar-refractivity contribution in [3.8, 4) is 0 Å². The Bertz CT molecular complexity index is 622. The second kappa shape index (κ2) is 9.54. The zero-order valence-electron chi connectivity index (χ0n) is 16.8. The number of carbonyl (C=O) groups is 1. The topological polar surface area (TPSA) is 35.6 Å². The van der Waals surface area contributed by atoms with Crippen molar-refractivity contribution in [2.45, 2.75) is 58.4 Å². The van der Waals surface area contributed by atoms with Crippen LogP contribution in [0.15, 0.2) is 18.2 Å². The van der Waals surface area contributed by atoms with Crippen LogP contribution < -0.4 is 10.2 Å². The van der Waals surface area contributed by atoms with E-state index in [9.17, 15) is 9.18 Å². The smallest absolute Gasteiger partial charge is 0.220 e. The van der Waals surface area contributed by atoms with Gasteiger partial charge in [0.1, 0.15) is 5.82 Å². The molecular formula is C22H34FN3O. The van der Waals surface area contributed by atoms with Gasteiger partial charge in [0.05, 0.1) is 6.04 Å². The number of piperazine rings is 1. The van der Waals surface area contributed by atoms with Gasteiger partial charge >= 0.3 is 0 Å². The quantitative estimate of drug-likeness (QED) is 0.813. The molecule has 2 fully saturated rings. The summed E-state index contributed by atoms with van der Waals surface area (Å²) in [4.78, 5) is 17.3. The minimum absolute atomic E-state index is 0.0976. The number of benzene rings is 1. The lowest BCUT2D eigenvalue weighted by Crippen LogP contribution is -2.46. The van der Waals surface area contributed by atoms with E-state index in [1.165, 1.54) is 25.3 Å². The third-order valence-electron chi connectivity index (χ3n) is 6.19. The van der Waals surface area contributed by atoms with E-state index in [4.69, 9.17) is 0 Å². The summed E-state index contributed by atoms with van der Waals surface area (Å²) in [6.07, 6.45) is 6.71. The van der Waals surface area contributed by atoms with Crippen LogP contribution in [0.5, 0.6) is 0 Å². The predicted molar refractivity (Wildman–Crippen MR) is 108 cm³/mol. The zero-order valence-corrected chi connectivity index (χ0v) is 16.8. The van der Waals surface area contributed by atoms with Gasteiger partial charge in [-0.3, -0.25) is 4.79 Å². The van der Waals surface area contributed by atoms with Crippen LogP contribution in [-0.2, 0) is 4.79 Å². The van der Waals surface area contributed by atoms with E-state index in [0.29, 0.717) is 12.3 Å². The van der Waals surface area contributed by atoms with Gasteiger partial charge in [-0.1, -0.05) is 26.2 Å². The van der Waals surface area contributed by atoms with E-state index in [1.807, 2.05) is 13.0 Å². The molecule has 1 aromatic carbocycles. The van der Waals surface area contributed by atoms with Gasteiger partial charge in [0.2, 0.25) is 5.91 Å². The van der Waals surface area contributed by atoms with Gasteiger partial charge in [0.25, 0.3) is 0 Å². The van der Waals surface area contributed by atoms with Gasteiger partial charge in [-0.2, -0.15) is 0 Å². The fraction of sp³-hybridized carbons (Fsp3) is 0.682. The van der Waals surface area contributed by atoms with Crippen LogP contribution in [0.3, 0.4) is 0 Å². The van der Waals surface area contributed by atoms with Crippen molar-refractivity contribution in [1.29, 1.82) is 0 Å². The number of hydrogen-bond acceptors (Lipinski definition) is 3. The molecular weight excluding hydrogens is 341 g/mol. The Morgan fingerprint density at radius 2 is 1.89 bits per heavy atom. The molecule has 1 aromatic rings. The van der Waals surface area contributed by atoms with Crippen LogP contribution in [0.25, 0.3) is 0 Å². The summed E-state index contributed by atoms with van der Waals surface area (Å²) in [5.41, 5.74) is 1.94. The first-order valence-electron chi connectivity index (χ1n) is 10.6. The summed E-state index contributed by atoms with van der Waals surface area (Å²) in [7, 11) is 0. The minimum atomic E-state index is -0.241. The highest BCUT2D eigenvalue weighted by atomic mass is 19.1. The highest BCUT2D eigenvalue weighted by molar-refractivity contribution is 5.77. The van der Waals surface area contributed by atoms with E-state index in [0.717, 1.165) is 56.8 Å². The molecule has 1 saturated carbocycles. The van der Waals surface area contributed by atoms with Crippen LogP contribution in [-0.4, -0.2) is 43.5 Å².